The fourth-order valence-corrected chi connectivity index (χ4v) is 1.48. The van der Waals surface area contributed by atoms with Crippen molar-refractivity contribution in [2.24, 2.45) is 11.8 Å². The summed E-state index contributed by atoms with van der Waals surface area (Å²) in [5.74, 6) is -2.16. The summed E-state index contributed by atoms with van der Waals surface area (Å²) in [5.41, 5.74) is 0. The Balaban J connectivity index is 2.64. The molecule has 1 rings (SSSR count). The maximum atomic E-state index is 10.4. The number of aliphatic hydroxyl groups is 1. The largest absolute Gasteiger partial charge is 0.481 e. The molecule has 0 bridgehead atoms. The quantitative estimate of drug-likeness (QED) is 0.539. The minimum absolute atomic E-state index is 0.207. The molecule has 0 amide bonds. The molecule has 1 fully saturated rings. The van der Waals surface area contributed by atoms with Crippen molar-refractivity contribution in [3.8, 4) is 0 Å². The molecule has 0 aromatic carbocycles. The van der Waals surface area contributed by atoms with E-state index in [0.717, 1.165) is 0 Å². The van der Waals surface area contributed by atoms with Gasteiger partial charge in [-0.3, -0.25) is 4.79 Å². The number of carbonyl (C=O) groups is 2. The first-order chi connectivity index (χ1) is 5.15. The van der Waals surface area contributed by atoms with Crippen LogP contribution in [0.25, 0.3) is 0 Å². The number of carboxylic acid groups (broad SMARTS) is 1. The van der Waals surface area contributed by atoms with E-state index in [2.05, 4.69) is 0 Å². The molecule has 0 heterocycles. The summed E-state index contributed by atoms with van der Waals surface area (Å²) in [7, 11) is 0. The molecule has 0 aromatic heterocycles. The van der Waals surface area contributed by atoms with Gasteiger partial charge in [0, 0.05) is 5.92 Å². The third-order valence-electron chi connectivity index (χ3n) is 2.08. The Morgan fingerprint density at radius 3 is 2.45 bits per heavy atom. The lowest BCUT2D eigenvalue weighted by atomic mass is 9.98. The van der Waals surface area contributed by atoms with Gasteiger partial charge in [-0.15, -0.1) is 0 Å². The fraction of sp³-hybridized carbons (Fsp3) is 0.714. The number of carboxylic acids is 1. The monoisotopic (exact) mass is 158 g/mol. The summed E-state index contributed by atoms with van der Waals surface area (Å²) < 4.78 is 0. The maximum Gasteiger partial charge on any atom is 0.307 e. The first-order valence-electron chi connectivity index (χ1n) is 3.51. The third kappa shape index (κ3) is 1.57. The van der Waals surface area contributed by atoms with Gasteiger partial charge in [0.05, 0.1) is 12.0 Å². The molecular formula is C7H10O4. The molecule has 4 heteroatoms. The van der Waals surface area contributed by atoms with E-state index in [1.54, 1.807) is 0 Å². The summed E-state index contributed by atoms with van der Waals surface area (Å²) in [6.07, 6.45) is 0.500. The minimum atomic E-state index is -0.987. The van der Waals surface area contributed by atoms with Gasteiger partial charge in [0.2, 0.25) is 0 Å². The molecule has 1 aliphatic rings. The van der Waals surface area contributed by atoms with Crippen LogP contribution in [-0.2, 0) is 9.59 Å². The number of carbonyl (C=O) groups excluding carboxylic acids is 1. The third-order valence-corrected chi connectivity index (χ3v) is 2.08. The molecular weight excluding hydrogens is 148 g/mol. The summed E-state index contributed by atoms with van der Waals surface area (Å²) in [6, 6.07) is 0. The average Bonchev–Trinajstić information content (AvgIpc) is 2.30. The van der Waals surface area contributed by atoms with Crippen molar-refractivity contribution >= 4 is 12.3 Å². The molecule has 0 aromatic rings. The zero-order valence-electron chi connectivity index (χ0n) is 5.93. The van der Waals surface area contributed by atoms with Crippen molar-refractivity contribution in [2.75, 3.05) is 0 Å². The molecule has 0 radical (unpaired) electrons. The lowest BCUT2D eigenvalue weighted by Crippen LogP contribution is -2.18. The number of rotatable bonds is 2. The highest BCUT2D eigenvalue weighted by molar-refractivity contribution is 5.75. The van der Waals surface area contributed by atoms with E-state index in [4.69, 9.17) is 10.2 Å². The highest BCUT2D eigenvalue weighted by Gasteiger charge is 2.37. The van der Waals surface area contributed by atoms with Gasteiger partial charge in [0.15, 0.2) is 0 Å². The van der Waals surface area contributed by atoms with Crippen molar-refractivity contribution in [3.05, 3.63) is 0 Å². The molecule has 11 heavy (non-hydrogen) atoms. The molecule has 1 aliphatic carbocycles. The van der Waals surface area contributed by atoms with Gasteiger partial charge in [-0.25, -0.2) is 0 Å². The van der Waals surface area contributed by atoms with E-state index in [1.165, 1.54) is 0 Å². The lowest BCUT2D eigenvalue weighted by Gasteiger charge is -2.05. The van der Waals surface area contributed by atoms with Crippen LogP contribution in [0.5, 0.6) is 0 Å². The Morgan fingerprint density at radius 2 is 2.09 bits per heavy atom. The van der Waals surface area contributed by atoms with E-state index in [-0.39, 0.29) is 6.42 Å². The van der Waals surface area contributed by atoms with Gasteiger partial charge in [0.25, 0.3) is 0 Å². The van der Waals surface area contributed by atoms with Gasteiger partial charge in [0.1, 0.15) is 6.29 Å². The number of hydrogen-bond acceptors (Lipinski definition) is 3. The Kier molecular flexibility index (Phi) is 2.24. The van der Waals surface area contributed by atoms with Crippen molar-refractivity contribution in [2.45, 2.75) is 18.9 Å². The van der Waals surface area contributed by atoms with Gasteiger partial charge in [-0.1, -0.05) is 0 Å². The highest BCUT2D eigenvalue weighted by atomic mass is 16.4. The van der Waals surface area contributed by atoms with Crippen LogP contribution >= 0.6 is 0 Å². The molecule has 1 saturated carbocycles. The second kappa shape index (κ2) is 3.00. The second-order valence-electron chi connectivity index (χ2n) is 2.87. The van der Waals surface area contributed by atoms with Crippen LogP contribution in [0, 0.1) is 11.8 Å². The van der Waals surface area contributed by atoms with E-state index in [1.807, 2.05) is 0 Å². The lowest BCUT2D eigenvalue weighted by molar-refractivity contribution is -0.144. The highest BCUT2D eigenvalue weighted by Crippen LogP contribution is 2.30. The molecule has 3 atom stereocenters. The van der Waals surface area contributed by atoms with Crippen LogP contribution in [-0.4, -0.2) is 28.6 Å². The van der Waals surface area contributed by atoms with Crippen LogP contribution < -0.4 is 0 Å². The topological polar surface area (TPSA) is 74.6 Å². The molecule has 0 spiro atoms. The van der Waals surface area contributed by atoms with E-state index < -0.39 is 23.9 Å². The van der Waals surface area contributed by atoms with Crippen LogP contribution in [0.1, 0.15) is 12.8 Å². The standard InChI is InChI=1S/C7H10O4/c8-3-4-1-5(9)2-6(4)7(10)11/h3-6,9H,1-2H2,(H,10,11). The molecule has 3 unspecified atom stereocenters. The summed E-state index contributed by atoms with van der Waals surface area (Å²) >= 11 is 0. The molecule has 2 N–H and O–H groups in total. The van der Waals surface area contributed by atoms with Gasteiger partial charge in [-0.2, -0.15) is 0 Å². The Labute approximate surface area is 63.8 Å². The first-order valence-corrected chi connectivity index (χ1v) is 3.51. The molecule has 0 aliphatic heterocycles. The number of aliphatic hydroxyl groups excluding tert-OH is 1. The van der Waals surface area contributed by atoms with Gasteiger partial charge < -0.3 is 15.0 Å². The van der Waals surface area contributed by atoms with Crippen molar-refractivity contribution < 1.29 is 19.8 Å². The van der Waals surface area contributed by atoms with Crippen LogP contribution in [0.3, 0.4) is 0 Å². The number of hydrogen-bond donors (Lipinski definition) is 2. The van der Waals surface area contributed by atoms with Crippen LogP contribution in [0.15, 0.2) is 0 Å². The normalized spacial score (nSPS) is 37.0. The SMILES string of the molecule is O=CC1CC(O)CC1C(=O)O. The van der Waals surface area contributed by atoms with Crippen molar-refractivity contribution in [3.63, 3.8) is 0 Å². The Morgan fingerprint density at radius 1 is 1.45 bits per heavy atom. The minimum Gasteiger partial charge on any atom is -0.481 e. The molecule has 0 saturated heterocycles. The average molecular weight is 158 g/mol. The smallest absolute Gasteiger partial charge is 0.307 e. The van der Waals surface area contributed by atoms with Gasteiger partial charge >= 0.3 is 5.97 Å². The van der Waals surface area contributed by atoms with E-state index in [9.17, 15) is 9.59 Å². The maximum absolute atomic E-state index is 10.4. The zero-order valence-corrected chi connectivity index (χ0v) is 5.93. The Bertz CT molecular complexity index is 177. The predicted octanol–water partition coefficient (Wildman–Crippen LogP) is -0.343. The summed E-state index contributed by atoms with van der Waals surface area (Å²) in [5, 5.41) is 17.6. The summed E-state index contributed by atoms with van der Waals surface area (Å²) in [4.78, 5) is 20.7. The van der Waals surface area contributed by atoms with Crippen molar-refractivity contribution in [1.29, 1.82) is 0 Å². The van der Waals surface area contributed by atoms with Gasteiger partial charge in [-0.05, 0) is 12.8 Å². The van der Waals surface area contributed by atoms with Crippen molar-refractivity contribution in [1.82, 2.24) is 0 Å². The van der Waals surface area contributed by atoms with Crippen LogP contribution in [0.2, 0.25) is 0 Å². The fourth-order valence-electron chi connectivity index (χ4n) is 1.48. The second-order valence-corrected chi connectivity index (χ2v) is 2.87. The zero-order chi connectivity index (χ0) is 8.43. The predicted molar refractivity (Wildman–Crippen MR) is 35.9 cm³/mol. The molecule has 62 valence electrons. The summed E-state index contributed by atoms with van der Waals surface area (Å²) in [6.45, 7) is 0. The van der Waals surface area contributed by atoms with E-state index in [0.29, 0.717) is 12.7 Å². The van der Waals surface area contributed by atoms with Crippen LogP contribution in [0.4, 0.5) is 0 Å². The number of aldehydes is 1. The first kappa shape index (κ1) is 8.20. The number of aliphatic carboxylic acids is 1. The Hall–Kier alpha value is -0.900. The molecule has 4 nitrogen and oxygen atoms in total. The van der Waals surface area contributed by atoms with E-state index >= 15 is 0 Å².